The highest BCUT2D eigenvalue weighted by Gasteiger charge is 2.58. The molecule has 1 saturated carbocycles. The van der Waals surface area contributed by atoms with Crippen LogP contribution in [0.1, 0.15) is 43.4 Å². The van der Waals surface area contributed by atoms with Gasteiger partial charge in [0.2, 0.25) is 0 Å². The van der Waals surface area contributed by atoms with Gasteiger partial charge in [0.1, 0.15) is 11.9 Å². The largest absolute Gasteiger partial charge is 0.383 e. The number of hydrogen-bond acceptors (Lipinski definition) is 7. The summed E-state index contributed by atoms with van der Waals surface area (Å²) in [6.07, 6.45) is -0.952. The lowest BCUT2D eigenvalue weighted by atomic mass is 9.78. The molecule has 1 heterocycles. The van der Waals surface area contributed by atoms with Gasteiger partial charge in [-0.25, -0.2) is 4.39 Å². The Morgan fingerprint density at radius 3 is 2.62 bits per heavy atom. The summed E-state index contributed by atoms with van der Waals surface area (Å²) in [5, 5.41) is 12.4. The van der Waals surface area contributed by atoms with Crippen LogP contribution in [0.5, 0.6) is 0 Å². The predicted octanol–water partition coefficient (Wildman–Crippen LogP) is 3.61. The molecule has 0 unspecified atom stereocenters. The third-order valence-electron chi connectivity index (χ3n) is 6.67. The van der Waals surface area contributed by atoms with E-state index in [1.54, 1.807) is 31.4 Å². The van der Waals surface area contributed by atoms with E-state index in [0.717, 1.165) is 11.1 Å². The van der Waals surface area contributed by atoms with E-state index in [-0.39, 0.29) is 37.8 Å². The van der Waals surface area contributed by atoms with E-state index >= 15 is 0 Å². The molecular weight excluding hydrogens is 479 g/mol. The van der Waals surface area contributed by atoms with Crippen LogP contribution in [0, 0.1) is 17.1 Å². The van der Waals surface area contributed by atoms with Crippen LogP contribution in [-0.4, -0.2) is 55.9 Å². The lowest BCUT2D eigenvalue weighted by Gasteiger charge is -2.43. The summed E-state index contributed by atoms with van der Waals surface area (Å²) >= 11 is 0. The summed E-state index contributed by atoms with van der Waals surface area (Å²) in [7, 11) is 1.56. The Bertz CT molecular complexity index is 1120. The van der Waals surface area contributed by atoms with E-state index < -0.39 is 29.7 Å². The minimum Gasteiger partial charge on any atom is -0.383 e. The number of nitrogens with one attached hydrogen (secondary N) is 1. The Morgan fingerprint density at radius 2 is 1.89 bits per heavy atom. The van der Waals surface area contributed by atoms with E-state index in [0.29, 0.717) is 18.7 Å². The van der Waals surface area contributed by atoms with Gasteiger partial charge >= 0.3 is 0 Å². The molecule has 9 heteroatoms. The molecule has 1 aliphatic heterocycles. The molecule has 8 nitrogen and oxygen atoms in total. The first-order chi connectivity index (χ1) is 17.7. The summed E-state index contributed by atoms with van der Waals surface area (Å²) in [6.45, 7) is 4.59. The summed E-state index contributed by atoms with van der Waals surface area (Å²) in [4.78, 5) is 13.6. The van der Waals surface area contributed by atoms with Crippen LogP contribution < -0.4 is 5.32 Å². The smallest absolute Gasteiger partial charge is 0.252 e. The normalized spacial score (nSPS) is 26.3. The van der Waals surface area contributed by atoms with Crippen molar-refractivity contribution >= 4 is 5.91 Å². The highest BCUT2D eigenvalue weighted by Crippen LogP contribution is 2.44. The molecule has 0 radical (unpaired) electrons. The maximum atomic E-state index is 13.6. The quantitative estimate of drug-likeness (QED) is 0.486. The van der Waals surface area contributed by atoms with Gasteiger partial charge in [-0.1, -0.05) is 30.3 Å². The maximum Gasteiger partial charge on any atom is 0.252 e. The Hall–Kier alpha value is -2.87. The Kier molecular flexibility index (Phi) is 8.57. The van der Waals surface area contributed by atoms with Crippen LogP contribution in [0.4, 0.5) is 4.39 Å². The van der Waals surface area contributed by atoms with E-state index in [9.17, 15) is 14.4 Å². The summed E-state index contributed by atoms with van der Waals surface area (Å²) in [6, 6.07) is 15.4. The van der Waals surface area contributed by atoms with Crippen LogP contribution in [-0.2, 0) is 41.7 Å². The topological polar surface area (TPSA) is 99.0 Å². The number of methoxy groups -OCH3 is 1. The first-order valence-electron chi connectivity index (χ1n) is 12.4. The molecule has 1 N–H and O–H groups in total. The number of carbonyl (C=O) groups excluding carboxylic acids is 1. The maximum absolute atomic E-state index is 13.6. The van der Waals surface area contributed by atoms with Gasteiger partial charge in [-0.15, -0.1) is 0 Å². The standard InChI is InChI=1S/C28H33FN2O6/c1-27(2)36-24-15-28(26(32)31-12-13-33-3,35-17-19-8-10-22(29)11-9-19)14-23(25(24)37-27)34-18-21-7-5-4-6-20(21)16-30/h4-11,23-25H,12-15,17-18H2,1-3H3,(H,31,32)/t23-,24+,25-,28+/m0/s1. The van der Waals surface area contributed by atoms with Crippen molar-refractivity contribution < 1.29 is 32.9 Å². The number of fused-ring (bicyclic) bond motifs is 1. The zero-order valence-electron chi connectivity index (χ0n) is 21.4. The fourth-order valence-corrected chi connectivity index (χ4v) is 4.89. The SMILES string of the molecule is COCCNC(=O)[C@@]1(OCc2ccc(F)cc2)C[C@H](OCc2ccccc2C#N)[C@@H]2OC(C)(C)O[C@@H]2C1. The fourth-order valence-electron chi connectivity index (χ4n) is 4.89. The zero-order chi connectivity index (χ0) is 26.5. The lowest BCUT2D eigenvalue weighted by molar-refractivity contribution is -0.183. The van der Waals surface area contributed by atoms with E-state index in [2.05, 4.69) is 11.4 Å². The van der Waals surface area contributed by atoms with Gasteiger partial charge in [-0.2, -0.15) is 5.26 Å². The van der Waals surface area contributed by atoms with Gasteiger partial charge in [-0.3, -0.25) is 4.79 Å². The van der Waals surface area contributed by atoms with Crippen LogP contribution in [0.15, 0.2) is 48.5 Å². The average Bonchev–Trinajstić information content (AvgIpc) is 3.20. The molecule has 1 saturated heterocycles. The van der Waals surface area contributed by atoms with Crippen molar-refractivity contribution in [1.29, 1.82) is 5.26 Å². The lowest BCUT2D eigenvalue weighted by Crippen LogP contribution is -2.60. The monoisotopic (exact) mass is 512 g/mol. The number of nitrogens with zero attached hydrogens (tertiary/aromatic N) is 1. The van der Waals surface area contributed by atoms with Crippen molar-refractivity contribution in [3.8, 4) is 6.07 Å². The molecule has 0 aromatic heterocycles. The molecule has 0 bridgehead atoms. The predicted molar refractivity (Wildman–Crippen MR) is 132 cm³/mol. The van der Waals surface area contributed by atoms with Crippen molar-refractivity contribution in [3.63, 3.8) is 0 Å². The first kappa shape index (κ1) is 27.2. The van der Waals surface area contributed by atoms with Gasteiger partial charge in [0, 0.05) is 26.5 Å². The van der Waals surface area contributed by atoms with Crippen molar-refractivity contribution in [2.24, 2.45) is 0 Å². The summed E-state index contributed by atoms with van der Waals surface area (Å²) < 4.78 is 43.6. The number of rotatable bonds is 10. The Morgan fingerprint density at radius 1 is 1.14 bits per heavy atom. The minimum absolute atomic E-state index is 0.101. The molecular formula is C28H33FN2O6. The van der Waals surface area contributed by atoms with Gasteiger partial charge in [0.15, 0.2) is 11.4 Å². The van der Waals surface area contributed by atoms with Gasteiger partial charge in [0.05, 0.1) is 43.7 Å². The minimum atomic E-state index is -1.29. The third-order valence-corrected chi connectivity index (χ3v) is 6.67. The van der Waals surface area contributed by atoms with Crippen molar-refractivity contribution in [3.05, 3.63) is 71.0 Å². The molecule has 1 aliphatic carbocycles. The molecule has 2 aromatic carbocycles. The molecule has 198 valence electrons. The van der Waals surface area contributed by atoms with Crippen LogP contribution >= 0.6 is 0 Å². The van der Waals surface area contributed by atoms with E-state index in [1.807, 2.05) is 26.0 Å². The van der Waals surface area contributed by atoms with Crippen molar-refractivity contribution in [2.75, 3.05) is 20.3 Å². The first-order valence-corrected chi connectivity index (χ1v) is 12.4. The number of hydrogen-bond donors (Lipinski definition) is 1. The molecule has 2 aromatic rings. The number of nitriles is 1. The Balaban J connectivity index is 1.60. The van der Waals surface area contributed by atoms with Crippen molar-refractivity contribution in [1.82, 2.24) is 5.32 Å². The van der Waals surface area contributed by atoms with Crippen molar-refractivity contribution in [2.45, 2.75) is 69.6 Å². The van der Waals surface area contributed by atoms with E-state index in [4.69, 9.17) is 23.7 Å². The third kappa shape index (κ3) is 6.53. The number of carbonyl (C=O) groups is 1. The average molecular weight is 513 g/mol. The highest BCUT2D eigenvalue weighted by atomic mass is 19.1. The van der Waals surface area contributed by atoms with Crippen LogP contribution in [0.2, 0.25) is 0 Å². The van der Waals surface area contributed by atoms with E-state index in [1.165, 1.54) is 12.1 Å². The highest BCUT2D eigenvalue weighted by molar-refractivity contribution is 5.85. The van der Waals surface area contributed by atoms with Gasteiger partial charge in [-0.05, 0) is 43.2 Å². The summed E-state index contributed by atoms with van der Waals surface area (Å²) in [5.74, 6) is -1.51. The molecule has 37 heavy (non-hydrogen) atoms. The zero-order valence-corrected chi connectivity index (χ0v) is 21.4. The molecule has 4 rings (SSSR count). The Labute approximate surface area is 216 Å². The number of ether oxygens (including phenoxy) is 5. The van der Waals surface area contributed by atoms with Crippen LogP contribution in [0.3, 0.4) is 0 Å². The second-order valence-corrected chi connectivity index (χ2v) is 9.82. The number of amides is 1. The molecule has 1 amide bonds. The second-order valence-electron chi connectivity index (χ2n) is 9.82. The fraction of sp³-hybridized carbons (Fsp3) is 0.500. The van der Waals surface area contributed by atoms with Gasteiger partial charge < -0.3 is 29.0 Å². The molecule has 0 spiro atoms. The molecule has 4 atom stereocenters. The number of benzene rings is 2. The number of halogens is 1. The molecule has 2 aliphatic rings. The van der Waals surface area contributed by atoms with Gasteiger partial charge in [0.25, 0.3) is 5.91 Å². The molecule has 2 fully saturated rings. The summed E-state index contributed by atoms with van der Waals surface area (Å²) in [5.41, 5.74) is 0.714. The second kappa shape index (κ2) is 11.7. The van der Waals surface area contributed by atoms with Crippen LogP contribution in [0.25, 0.3) is 0 Å².